The van der Waals surface area contributed by atoms with Gasteiger partial charge in [-0.25, -0.2) is 0 Å². The van der Waals surface area contributed by atoms with Crippen LogP contribution in [0.1, 0.15) is 85.5 Å². The maximum Gasteiger partial charge on any atom is 0.0811 e. The highest BCUT2D eigenvalue weighted by Crippen LogP contribution is 2.59. The number of fused-ring (bicyclic) bond motifs is 1. The lowest BCUT2D eigenvalue weighted by molar-refractivity contribution is 0.0533. The molecule has 0 aliphatic heterocycles. The Hall–Kier alpha value is -0.550. The fraction of sp³-hybridized carbons (Fsp3) is 0.786. The lowest BCUT2D eigenvalue weighted by atomic mass is 9.61. The van der Waals surface area contributed by atoms with Crippen molar-refractivity contribution in [3.05, 3.63) is 35.5 Å². The SMILES string of the molecule is C=C1/C(=C\C=C2/CCC[C@@]3(C)C2CCC3[C@@H](C)CSCCC(C)(O)CC)C[C@@H](O)C[C@@H]1O. The van der Waals surface area contributed by atoms with Crippen LogP contribution >= 0.6 is 11.8 Å². The summed E-state index contributed by atoms with van der Waals surface area (Å²) in [4.78, 5) is 0. The van der Waals surface area contributed by atoms with Gasteiger partial charge in [0.05, 0.1) is 17.8 Å². The van der Waals surface area contributed by atoms with Gasteiger partial charge >= 0.3 is 0 Å². The molecule has 0 saturated heterocycles. The summed E-state index contributed by atoms with van der Waals surface area (Å²) >= 11 is 2.02. The molecule has 3 nitrogen and oxygen atoms in total. The molecule has 0 bridgehead atoms. The fourth-order valence-electron chi connectivity index (χ4n) is 6.53. The van der Waals surface area contributed by atoms with Crippen LogP contribution in [0.15, 0.2) is 35.5 Å². The standard InChI is InChI=1S/C28H46O3S/c1-6-27(4,31)14-15-32-18-19(2)24-11-12-25-21(8-7-13-28(24,25)5)9-10-22-16-23(29)17-26(30)20(22)3/h9-10,19,23-26,29-31H,3,6-8,11-18H2,1-2,4-5H3/b21-9+,22-10-/t19-,23+,24?,25?,26-,27?,28+/m0/s1. The summed E-state index contributed by atoms with van der Waals surface area (Å²) in [5.74, 6) is 4.33. The van der Waals surface area contributed by atoms with Gasteiger partial charge < -0.3 is 15.3 Å². The van der Waals surface area contributed by atoms with Crippen LogP contribution in [0.25, 0.3) is 0 Å². The van der Waals surface area contributed by atoms with E-state index in [1.807, 2.05) is 18.7 Å². The highest BCUT2D eigenvalue weighted by molar-refractivity contribution is 7.99. The molecule has 32 heavy (non-hydrogen) atoms. The van der Waals surface area contributed by atoms with E-state index in [2.05, 4.69) is 39.5 Å². The highest BCUT2D eigenvalue weighted by Gasteiger charge is 2.50. The molecule has 7 atom stereocenters. The van der Waals surface area contributed by atoms with Gasteiger partial charge in [0.25, 0.3) is 0 Å². The summed E-state index contributed by atoms with van der Waals surface area (Å²) in [5, 5.41) is 30.5. The average Bonchev–Trinajstić information content (AvgIpc) is 3.10. The van der Waals surface area contributed by atoms with Crippen molar-refractivity contribution in [3.8, 4) is 0 Å². The largest absolute Gasteiger partial charge is 0.393 e. The van der Waals surface area contributed by atoms with Gasteiger partial charge in [0.2, 0.25) is 0 Å². The predicted octanol–water partition coefficient (Wildman–Crippen LogP) is 6.05. The first-order valence-electron chi connectivity index (χ1n) is 12.8. The van der Waals surface area contributed by atoms with Gasteiger partial charge in [0, 0.05) is 6.42 Å². The van der Waals surface area contributed by atoms with Gasteiger partial charge in [-0.2, -0.15) is 11.8 Å². The molecular weight excluding hydrogens is 416 g/mol. The smallest absolute Gasteiger partial charge is 0.0811 e. The Morgan fingerprint density at radius 3 is 2.75 bits per heavy atom. The first-order valence-corrected chi connectivity index (χ1v) is 14.0. The molecule has 3 saturated carbocycles. The summed E-state index contributed by atoms with van der Waals surface area (Å²) in [5.41, 5.74) is 3.21. The fourth-order valence-corrected chi connectivity index (χ4v) is 7.89. The maximum absolute atomic E-state index is 10.3. The number of aliphatic hydroxyl groups is 3. The predicted molar refractivity (Wildman–Crippen MR) is 137 cm³/mol. The Bertz CT molecular complexity index is 724. The van der Waals surface area contributed by atoms with Crippen molar-refractivity contribution in [2.24, 2.45) is 23.2 Å². The Labute approximate surface area is 200 Å². The minimum atomic E-state index is -0.616. The lowest BCUT2D eigenvalue weighted by Gasteiger charge is -2.44. The number of rotatable bonds is 8. The molecule has 0 spiro atoms. The van der Waals surface area contributed by atoms with Crippen LogP contribution in [0, 0.1) is 23.2 Å². The molecule has 3 aliphatic carbocycles. The van der Waals surface area contributed by atoms with Gasteiger partial charge in [-0.1, -0.05) is 45.1 Å². The van der Waals surface area contributed by atoms with Crippen LogP contribution in [0.5, 0.6) is 0 Å². The minimum Gasteiger partial charge on any atom is -0.393 e. The topological polar surface area (TPSA) is 60.7 Å². The third-order valence-electron chi connectivity index (χ3n) is 8.92. The molecule has 0 heterocycles. The van der Waals surface area contributed by atoms with Crippen LogP contribution in [-0.4, -0.2) is 44.6 Å². The van der Waals surface area contributed by atoms with Crippen molar-refractivity contribution in [1.29, 1.82) is 0 Å². The van der Waals surface area contributed by atoms with Crippen LogP contribution in [0.3, 0.4) is 0 Å². The number of thioether (sulfide) groups is 1. The molecule has 4 heteroatoms. The lowest BCUT2D eigenvalue weighted by Crippen LogP contribution is -2.36. The third kappa shape index (κ3) is 5.92. The Balaban J connectivity index is 1.63. The molecule has 3 aliphatic rings. The second-order valence-corrected chi connectivity index (χ2v) is 12.5. The first kappa shape index (κ1) is 26.1. The van der Waals surface area contributed by atoms with E-state index >= 15 is 0 Å². The summed E-state index contributed by atoms with van der Waals surface area (Å²) < 4.78 is 0. The van der Waals surface area contributed by atoms with Crippen molar-refractivity contribution < 1.29 is 15.3 Å². The van der Waals surface area contributed by atoms with Gasteiger partial charge in [-0.05, 0) is 104 Å². The van der Waals surface area contributed by atoms with E-state index in [1.165, 1.54) is 37.9 Å². The molecule has 3 rings (SSSR count). The zero-order valence-corrected chi connectivity index (χ0v) is 21.6. The van der Waals surface area contributed by atoms with Crippen molar-refractivity contribution in [2.45, 2.75) is 103 Å². The quantitative estimate of drug-likeness (QED) is 0.384. The Morgan fingerprint density at radius 1 is 1.28 bits per heavy atom. The molecule has 3 N–H and O–H groups in total. The van der Waals surface area contributed by atoms with E-state index in [0.29, 0.717) is 30.1 Å². The van der Waals surface area contributed by atoms with Crippen LogP contribution in [0.4, 0.5) is 0 Å². The Kier molecular flexibility index (Phi) is 8.80. The van der Waals surface area contributed by atoms with Crippen molar-refractivity contribution in [2.75, 3.05) is 11.5 Å². The van der Waals surface area contributed by atoms with E-state index in [-0.39, 0.29) is 0 Å². The molecule has 3 unspecified atom stereocenters. The zero-order valence-electron chi connectivity index (χ0n) is 20.8. The van der Waals surface area contributed by atoms with Crippen LogP contribution in [-0.2, 0) is 0 Å². The number of hydrogen-bond acceptors (Lipinski definition) is 4. The monoisotopic (exact) mass is 462 g/mol. The summed E-state index contributed by atoms with van der Waals surface area (Å²) in [6.45, 7) is 13.1. The van der Waals surface area contributed by atoms with E-state index in [0.717, 1.165) is 35.7 Å². The van der Waals surface area contributed by atoms with Gasteiger partial charge in [0.1, 0.15) is 0 Å². The average molecular weight is 463 g/mol. The molecule has 0 radical (unpaired) electrons. The second kappa shape index (κ2) is 10.8. The Morgan fingerprint density at radius 2 is 2.03 bits per heavy atom. The normalized spacial score (nSPS) is 38.7. The summed E-state index contributed by atoms with van der Waals surface area (Å²) in [6, 6.07) is 0. The molecule has 0 aromatic rings. The maximum atomic E-state index is 10.3. The molecule has 0 aromatic carbocycles. The summed E-state index contributed by atoms with van der Waals surface area (Å²) in [6.07, 6.45) is 12.4. The van der Waals surface area contributed by atoms with Gasteiger partial charge in [-0.3, -0.25) is 0 Å². The van der Waals surface area contributed by atoms with Gasteiger partial charge in [-0.15, -0.1) is 0 Å². The van der Waals surface area contributed by atoms with Crippen molar-refractivity contribution in [1.82, 2.24) is 0 Å². The highest BCUT2D eigenvalue weighted by atomic mass is 32.2. The van der Waals surface area contributed by atoms with E-state index < -0.39 is 17.8 Å². The van der Waals surface area contributed by atoms with Crippen molar-refractivity contribution >= 4 is 11.8 Å². The van der Waals surface area contributed by atoms with E-state index in [9.17, 15) is 15.3 Å². The number of aliphatic hydroxyl groups excluding tert-OH is 2. The van der Waals surface area contributed by atoms with Crippen LogP contribution < -0.4 is 0 Å². The van der Waals surface area contributed by atoms with E-state index in [1.54, 1.807) is 5.57 Å². The van der Waals surface area contributed by atoms with Gasteiger partial charge in [0.15, 0.2) is 0 Å². The summed E-state index contributed by atoms with van der Waals surface area (Å²) in [7, 11) is 0. The molecule has 0 aromatic heterocycles. The van der Waals surface area contributed by atoms with E-state index in [4.69, 9.17) is 0 Å². The molecule has 3 fully saturated rings. The molecule has 182 valence electrons. The number of allylic oxidation sites excluding steroid dienone is 3. The number of hydrogen-bond donors (Lipinski definition) is 3. The van der Waals surface area contributed by atoms with Crippen molar-refractivity contribution in [3.63, 3.8) is 0 Å². The first-order chi connectivity index (χ1) is 15.1. The molecule has 0 amide bonds. The van der Waals surface area contributed by atoms with Crippen LogP contribution in [0.2, 0.25) is 0 Å². The molecular formula is C28H46O3S. The zero-order chi connectivity index (χ0) is 23.5. The second-order valence-electron chi connectivity index (χ2n) is 11.3. The minimum absolute atomic E-state index is 0.375. The third-order valence-corrected chi connectivity index (χ3v) is 10.2.